The van der Waals surface area contributed by atoms with E-state index in [1.165, 1.54) is 0 Å². The van der Waals surface area contributed by atoms with E-state index < -0.39 is 10.0 Å². The Morgan fingerprint density at radius 2 is 2.33 bits per heavy atom. The standard InChI is InChI=1S/C9H15N5O3S/c1-8-6-9(13-17-8)7-18(15,16)12-5-3-2-4-11-14-10/h6,12H,2-5,7H2,1H3. The van der Waals surface area contributed by atoms with Gasteiger partial charge in [0.25, 0.3) is 0 Å². The molecule has 18 heavy (non-hydrogen) atoms. The minimum Gasteiger partial charge on any atom is -0.361 e. The third kappa shape index (κ3) is 5.67. The quantitative estimate of drug-likeness (QED) is 0.333. The van der Waals surface area contributed by atoms with Gasteiger partial charge in [-0.25, -0.2) is 13.1 Å². The van der Waals surface area contributed by atoms with Crippen LogP contribution >= 0.6 is 0 Å². The number of hydrogen-bond donors (Lipinski definition) is 1. The Morgan fingerprint density at radius 3 is 2.94 bits per heavy atom. The van der Waals surface area contributed by atoms with E-state index in [4.69, 9.17) is 10.1 Å². The fraction of sp³-hybridized carbons (Fsp3) is 0.667. The van der Waals surface area contributed by atoms with Gasteiger partial charge in [0.2, 0.25) is 10.0 Å². The zero-order valence-corrected chi connectivity index (χ0v) is 10.9. The molecule has 100 valence electrons. The molecule has 0 amide bonds. The highest BCUT2D eigenvalue weighted by Gasteiger charge is 2.13. The molecule has 0 saturated heterocycles. The van der Waals surface area contributed by atoms with Gasteiger partial charge in [-0.05, 0) is 25.3 Å². The van der Waals surface area contributed by atoms with Crippen molar-refractivity contribution in [3.05, 3.63) is 28.0 Å². The number of sulfonamides is 1. The average Bonchev–Trinajstić information content (AvgIpc) is 2.68. The van der Waals surface area contributed by atoms with E-state index in [1.807, 2.05) is 0 Å². The number of rotatable bonds is 8. The summed E-state index contributed by atoms with van der Waals surface area (Å²) < 4.78 is 30.5. The fourth-order valence-electron chi connectivity index (χ4n) is 1.31. The first-order chi connectivity index (χ1) is 8.53. The van der Waals surface area contributed by atoms with E-state index in [1.54, 1.807) is 13.0 Å². The van der Waals surface area contributed by atoms with Crippen molar-refractivity contribution < 1.29 is 12.9 Å². The Labute approximate surface area is 105 Å². The van der Waals surface area contributed by atoms with Crippen LogP contribution in [0, 0.1) is 6.92 Å². The highest BCUT2D eigenvalue weighted by Crippen LogP contribution is 2.05. The van der Waals surface area contributed by atoms with Crippen LogP contribution in [0.4, 0.5) is 0 Å². The van der Waals surface area contributed by atoms with Crippen LogP contribution in [0.1, 0.15) is 24.3 Å². The van der Waals surface area contributed by atoms with Crippen LogP contribution < -0.4 is 4.72 Å². The van der Waals surface area contributed by atoms with E-state index >= 15 is 0 Å². The maximum atomic E-state index is 11.6. The Kier molecular flexibility index (Phi) is 5.63. The molecular weight excluding hydrogens is 258 g/mol. The predicted molar refractivity (Wildman–Crippen MR) is 65.1 cm³/mol. The normalized spacial score (nSPS) is 11.2. The maximum Gasteiger partial charge on any atom is 0.217 e. The van der Waals surface area contributed by atoms with Crippen LogP contribution in [0.3, 0.4) is 0 Å². The number of nitrogens with zero attached hydrogens (tertiary/aromatic N) is 4. The van der Waals surface area contributed by atoms with Gasteiger partial charge in [-0.2, -0.15) is 0 Å². The van der Waals surface area contributed by atoms with Crippen molar-refractivity contribution in [2.45, 2.75) is 25.5 Å². The first-order valence-electron chi connectivity index (χ1n) is 5.44. The van der Waals surface area contributed by atoms with Gasteiger partial charge in [0.1, 0.15) is 17.2 Å². The molecule has 1 heterocycles. The summed E-state index contributed by atoms with van der Waals surface area (Å²) in [6.45, 7) is 2.40. The number of nitrogens with one attached hydrogen (secondary N) is 1. The lowest BCUT2D eigenvalue weighted by Gasteiger charge is -2.03. The van der Waals surface area contributed by atoms with Crippen molar-refractivity contribution in [2.24, 2.45) is 5.11 Å². The molecule has 9 heteroatoms. The number of aryl methyl sites for hydroxylation is 1. The fourth-order valence-corrected chi connectivity index (χ4v) is 2.39. The highest BCUT2D eigenvalue weighted by molar-refractivity contribution is 7.88. The number of hydrogen-bond acceptors (Lipinski definition) is 5. The van der Waals surface area contributed by atoms with Crippen LogP contribution in [0.5, 0.6) is 0 Å². The van der Waals surface area contributed by atoms with Crippen molar-refractivity contribution in [3.63, 3.8) is 0 Å². The lowest BCUT2D eigenvalue weighted by atomic mass is 10.3. The van der Waals surface area contributed by atoms with Crippen LogP contribution in [0.25, 0.3) is 10.4 Å². The van der Waals surface area contributed by atoms with Crippen molar-refractivity contribution in [3.8, 4) is 0 Å². The van der Waals surface area contributed by atoms with Crippen molar-refractivity contribution in [1.82, 2.24) is 9.88 Å². The van der Waals surface area contributed by atoms with Crippen molar-refractivity contribution >= 4 is 10.0 Å². The highest BCUT2D eigenvalue weighted by atomic mass is 32.2. The first-order valence-corrected chi connectivity index (χ1v) is 7.09. The number of aromatic nitrogens is 1. The van der Waals surface area contributed by atoms with E-state index in [9.17, 15) is 8.42 Å². The van der Waals surface area contributed by atoms with Crippen LogP contribution in [-0.2, 0) is 15.8 Å². The molecule has 0 radical (unpaired) electrons. The van der Waals surface area contributed by atoms with Gasteiger partial charge in [-0.15, -0.1) is 0 Å². The van der Waals surface area contributed by atoms with Crippen LogP contribution in [0.2, 0.25) is 0 Å². The predicted octanol–water partition coefficient (Wildman–Crippen LogP) is 1.49. The van der Waals surface area contributed by atoms with E-state index in [-0.39, 0.29) is 5.75 Å². The summed E-state index contributed by atoms with van der Waals surface area (Å²) >= 11 is 0. The second-order valence-electron chi connectivity index (χ2n) is 3.74. The van der Waals surface area contributed by atoms with Gasteiger partial charge in [0, 0.05) is 24.1 Å². The smallest absolute Gasteiger partial charge is 0.217 e. The van der Waals surface area contributed by atoms with Gasteiger partial charge in [0.05, 0.1) is 0 Å². The Morgan fingerprint density at radius 1 is 1.56 bits per heavy atom. The third-order valence-electron chi connectivity index (χ3n) is 2.08. The van der Waals surface area contributed by atoms with Crippen molar-refractivity contribution in [2.75, 3.05) is 13.1 Å². The SMILES string of the molecule is Cc1cc(CS(=O)(=O)NCCCCN=[N+]=[N-])no1. The Hall–Kier alpha value is -1.57. The minimum atomic E-state index is -3.39. The second kappa shape index (κ2) is 7.00. The molecule has 0 unspecified atom stereocenters. The summed E-state index contributed by atoms with van der Waals surface area (Å²) in [7, 11) is -3.39. The van der Waals surface area contributed by atoms with Gasteiger partial charge in [-0.3, -0.25) is 0 Å². The third-order valence-corrected chi connectivity index (χ3v) is 3.40. The average molecular weight is 273 g/mol. The molecule has 0 aliphatic carbocycles. The first kappa shape index (κ1) is 14.5. The number of unbranched alkanes of at least 4 members (excludes halogenated alkanes) is 1. The Balaban J connectivity index is 2.29. The largest absolute Gasteiger partial charge is 0.361 e. The zero-order chi connectivity index (χ0) is 13.4. The Bertz CT molecular complexity index is 518. The molecule has 1 aromatic rings. The molecule has 0 saturated carbocycles. The maximum absolute atomic E-state index is 11.6. The molecule has 0 aliphatic heterocycles. The lowest BCUT2D eigenvalue weighted by Crippen LogP contribution is -2.26. The summed E-state index contributed by atoms with van der Waals surface area (Å²) in [4.78, 5) is 2.61. The molecule has 0 atom stereocenters. The molecule has 0 aliphatic rings. The molecule has 1 aromatic heterocycles. The summed E-state index contributed by atoms with van der Waals surface area (Å²) in [6, 6.07) is 1.58. The van der Waals surface area contributed by atoms with Gasteiger partial charge >= 0.3 is 0 Å². The van der Waals surface area contributed by atoms with Crippen LogP contribution in [-0.4, -0.2) is 26.7 Å². The zero-order valence-electron chi connectivity index (χ0n) is 10.0. The minimum absolute atomic E-state index is 0.194. The molecule has 1 rings (SSSR count). The molecule has 0 aromatic carbocycles. The van der Waals surface area contributed by atoms with Gasteiger partial charge in [-0.1, -0.05) is 10.3 Å². The number of azide groups is 1. The summed E-state index contributed by atoms with van der Waals surface area (Å²) in [6.07, 6.45) is 1.27. The molecule has 8 nitrogen and oxygen atoms in total. The monoisotopic (exact) mass is 273 g/mol. The van der Waals surface area contributed by atoms with E-state index in [2.05, 4.69) is 19.9 Å². The lowest BCUT2D eigenvalue weighted by molar-refractivity contribution is 0.392. The van der Waals surface area contributed by atoms with E-state index in [0.29, 0.717) is 37.4 Å². The topological polar surface area (TPSA) is 121 Å². The second-order valence-corrected chi connectivity index (χ2v) is 5.55. The molecule has 0 spiro atoms. The molecule has 1 N–H and O–H groups in total. The molecular formula is C9H15N5O3S. The van der Waals surface area contributed by atoms with Crippen LogP contribution in [0.15, 0.2) is 15.7 Å². The summed E-state index contributed by atoms with van der Waals surface area (Å²) in [5, 5.41) is 6.98. The van der Waals surface area contributed by atoms with Gasteiger partial charge in [0.15, 0.2) is 0 Å². The van der Waals surface area contributed by atoms with Gasteiger partial charge < -0.3 is 4.52 Å². The summed E-state index contributed by atoms with van der Waals surface area (Å²) in [5.74, 6) is 0.385. The van der Waals surface area contributed by atoms with Crippen molar-refractivity contribution in [1.29, 1.82) is 0 Å². The molecule has 0 fully saturated rings. The molecule has 0 bridgehead atoms. The summed E-state index contributed by atoms with van der Waals surface area (Å²) in [5.41, 5.74) is 8.43. The van der Waals surface area contributed by atoms with E-state index in [0.717, 1.165) is 0 Å².